The fourth-order valence-corrected chi connectivity index (χ4v) is 1.33. The second-order valence-electron chi connectivity index (χ2n) is 2.23. The maximum absolute atomic E-state index is 5.63. The summed E-state index contributed by atoms with van der Waals surface area (Å²) in [6, 6.07) is 3.85. The lowest BCUT2D eigenvalue weighted by Gasteiger charge is -1.97. The van der Waals surface area contributed by atoms with E-state index in [1.165, 1.54) is 5.56 Å². The molecule has 0 radical (unpaired) electrons. The van der Waals surface area contributed by atoms with Gasteiger partial charge in [-0.3, -0.25) is 0 Å². The molecule has 1 aromatic rings. The van der Waals surface area contributed by atoms with Gasteiger partial charge in [0.15, 0.2) is 0 Å². The molecule has 0 saturated heterocycles. The molecule has 1 heterocycles. The Morgan fingerprint density at radius 2 is 2.36 bits per heavy atom. The highest BCUT2D eigenvalue weighted by molar-refractivity contribution is 7.98. The van der Waals surface area contributed by atoms with Crippen LogP contribution in [0.5, 0.6) is 0 Å². The SMILES string of the molecule is CSCCc1ccc(Cl)nc1. The third-order valence-corrected chi connectivity index (χ3v) is 2.22. The lowest BCUT2D eigenvalue weighted by Crippen LogP contribution is -1.88. The molecule has 60 valence electrons. The molecule has 0 aliphatic heterocycles. The number of rotatable bonds is 3. The Morgan fingerprint density at radius 1 is 1.55 bits per heavy atom. The van der Waals surface area contributed by atoms with Gasteiger partial charge >= 0.3 is 0 Å². The normalized spacial score (nSPS) is 10.0. The van der Waals surface area contributed by atoms with Crippen LogP contribution in [0.2, 0.25) is 5.15 Å². The van der Waals surface area contributed by atoms with Crippen LogP contribution >= 0.6 is 23.4 Å². The van der Waals surface area contributed by atoms with Gasteiger partial charge in [0, 0.05) is 6.20 Å². The van der Waals surface area contributed by atoms with Crippen molar-refractivity contribution in [1.82, 2.24) is 4.98 Å². The number of hydrogen-bond donors (Lipinski definition) is 0. The molecule has 3 heteroatoms. The molecule has 0 aromatic carbocycles. The van der Waals surface area contributed by atoms with Gasteiger partial charge in [0.1, 0.15) is 5.15 Å². The number of nitrogens with zero attached hydrogens (tertiary/aromatic N) is 1. The lowest BCUT2D eigenvalue weighted by molar-refractivity contribution is 1.12. The van der Waals surface area contributed by atoms with E-state index in [0.29, 0.717) is 5.15 Å². The number of thioether (sulfide) groups is 1. The highest BCUT2D eigenvalue weighted by Gasteiger charge is 1.92. The summed E-state index contributed by atoms with van der Waals surface area (Å²) in [5.41, 5.74) is 1.25. The van der Waals surface area contributed by atoms with Gasteiger partial charge in [-0.05, 0) is 30.1 Å². The van der Waals surface area contributed by atoms with Crippen LogP contribution in [-0.2, 0) is 6.42 Å². The van der Waals surface area contributed by atoms with E-state index >= 15 is 0 Å². The van der Waals surface area contributed by atoms with Crippen LogP contribution in [0, 0.1) is 0 Å². The minimum absolute atomic E-state index is 0.568. The van der Waals surface area contributed by atoms with Crippen molar-refractivity contribution in [2.75, 3.05) is 12.0 Å². The van der Waals surface area contributed by atoms with Crippen LogP contribution < -0.4 is 0 Å². The molecule has 0 N–H and O–H groups in total. The number of halogens is 1. The molecule has 1 nitrogen and oxygen atoms in total. The van der Waals surface area contributed by atoms with Crippen molar-refractivity contribution < 1.29 is 0 Å². The number of hydrogen-bond acceptors (Lipinski definition) is 2. The van der Waals surface area contributed by atoms with Gasteiger partial charge in [0.05, 0.1) is 0 Å². The van der Waals surface area contributed by atoms with E-state index in [1.54, 1.807) is 0 Å². The van der Waals surface area contributed by atoms with Gasteiger partial charge in [-0.2, -0.15) is 11.8 Å². The molecule has 0 amide bonds. The number of aromatic nitrogens is 1. The molecule has 0 atom stereocenters. The fraction of sp³-hybridized carbons (Fsp3) is 0.375. The highest BCUT2D eigenvalue weighted by Crippen LogP contribution is 2.07. The molecular formula is C8H10ClNS. The van der Waals surface area contributed by atoms with Gasteiger partial charge in [0.25, 0.3) is 0 Å². The standard InChI is InChI=1S/C8H10ClNS/c1-11-5-4-7-2-3-8(9)10-6-7/h2-3,6H,4-5H2,1H3. The quantitative estimate of drug-likeness (QED) is 0.675. The van der Waals surface area contributed by atoms with Crippen molar-refractivity contribution in [2.45, 2.75) is 6.42 Å². The van der Waals surface area contributed by atoms with Gasteiger partial charge in [-0.25, -0.2) is 4.98 Å². The van der Waals surface area contributed by atoms with Crippen molar-refractivity contribution in [3.8, 4) is 0 Å². The zero-order valence-corrected chi connectivity index (χ0v) is 7.95. The van der Waals surface area contributed by atoms with Crippen LogP contribution in [0.3, 0.4) is 0 Å². The molecule has 0 aliphatic rings. The van der Waals surface area contributed by atoms with E-state index in [2.05, 4.69) is 11.2 Å². The van der Waals surface area contributed by atoms with E-state index in [-0.39, 0.29) is 0 Å². The maximum atomic E-state index is 5.63. The van der Waals surface area contributed by atoms with E-state index in [4.69, 9.17) is 11.6 Å². The minimum Gasteiger partial charge on any atom is -0.244 e. The van der Waals surface area contributed by atoms with Gasteiger partial charge in [-0.15, -0.1) is 0 Å². The van der Waals surface area contributed by atoms with E-state index in [9.17, 15) is 0 Å². The summed E-state index contributed by atoms with van der Waals surface area (Å²) in [6.45, 7) is 0. The van der Waals surface area contributed by atoms with Crippen molar-refractivity contribution >= 4 is 23.4 Å². The molecule has 0 aliphatic carbocycles. The Kier molecular flexibility index (Phi) is 3.73. The lowest BCUT2D eigenvalue weighted by atomic mass is 10.2. The minimum atomic E-state index is 0.568. The third kappa shape index (κ3) is 3.12. The van der Waals surface area contributed by atoms with Gasteiger partial charge in [-0.1, -0.05) is 17.7 Å². The van der Waals surface area contributed by atoms with Crippen LogP contribution in [0.15, 0.2) is 18.3 Å². The van der Waals surface area contributed by atoms with E-state index in [0.717, 1.165) is 12.2 Å². The topological polar surface area (TPSA) is 12.9 Å². The largest absolute Gasteiger partial charge is 0.244 e. The average molecular weight is 188 g/mol. The zero-order valence-electron chi connectivity index (χ0n) is 6.38. The summed E-state index contributed by atoms with van der Waals surface area (Å²) in [6.07, 6.45) is 5.01. The molecule has 0 bridgehead atoms. The second kappa shape index (κ2) is 4.62. The monoisotopic (exact) mass is 187 g/mol. The van der Waals surface area contributed by atoms with Crippen LogP contribution in [0.1, 0.15) is 5.56 Å². The van der Waals surface area contributed by atoms with Gasteiger partial charge < -0.3 is 0 Å². The Balaban J connectivity index is 2.52. The summed E-state index contributed by atoms with van der Waals surface area (Å²) in [5, 5.41) is 0.568. The fourth-order valence-electron chi connectivity index (χ4n) is 0.774. The van der Waals surface area contributed by atoms with Gasteiger partial charge in [0.2, 0.25) is 0 Å². The first-order valence-electron chi connectivity index (χ1n) is 3.42. The second-order valence-corrected chi connectivity index (χ2v) is 3.60. The molecule has 0 fully saturated rings. The molecule has 1 rings (SSSR count). The van der Waals surface area contributed by atoms with Crippen LogP contribution in [-0.4, -0.2) is 17.0 Å². The molecule has 11 heavy (non-hydrogen) atoms. The molecule has 0 saturated carbocycles. The van der Waals surface area contributed by atoms with E-state index < -0.39 is 0 Å². The predicted molar refractivity (Wildman–Crippen MR) is 51.3 cm³/mol. The first-order valence-corrected chi connectivity index (χ1v) is 5.19. The Hall–Kier alpha value is -0.210. The highest BCUT2D eigenvalue weighted by atomic mass is 35.5. The Morgan fingerprint density at radius 3 is 2.91 bits per heavy atom. The summed E-state index contributed by atoms with van der Waals surface area (Å²) in [5.74, 6) is 1.14. The smallest absolute Gasteiger partial charge is 0.129 e. The first-order chi connectivity index (χ1) is 5.33. The Bertz CT molecular complexity index is 210. The molecule has 1 aromatic heterocycles. The molecule has 0 spiro atoms. The number of aryl methyl sites for hydroxylation is 1. The summed E-state index contributed by atoms with van der Waals surface area (Å²) in [7, 11) is 0. The summed E-state index contributed by atoms with van der Waals surface area (Å²) in [4.78, 5) is 3.99. The first kappa shape index (κ1) is 8.88. The number of pyridine rings is 1. The van der Waals surface area contributed by atoms with E-state index in [1.807, 2.05) is 30.1 Å². The third-order valence-electron chi connectivity index (χ3n) is 1.38. The maximum Gasteiger partial charge on any atom is 0.129 e. The van der Waals surface area contributed by atoms with Crippen molar-refractivity contribution in [3.63, 3.8) is 0 Å². The van der Waals surface area contributed by atoms with Crippen molar-refractivity contribution in [3.05, 3.63) is 29.0 Å². The summed E-state index contributed by atoms with van der Waals surface area (Å²) >= 11 is 7.47. The molecular weight excluding hydrogens is 178 g/mol. The van der Waals surface area contributed by atoms with Crippen LogP contribution in [0.25, 0.3) is 0 Å². The zero-order chi connectivity index (χ0) is 8.10. The predicted octanol–water partition coefficient (Wildman–Crippen LogP) is 2.64. The van der Waals surface area contributed by atoms with Crippen molar-refractivity contribution in [2.24, 2.45) is 0 Å². The Labute approximate surface area is 76.2 Å². The summed E-state index contributed by atoms with van der Waals surface area (Å²) < 4.78 is 0. The molecule has 0 unspecified atom stereocenters. The van der Waals surface area contributed by atoms with Crippen molar-refractivity contribution in [1.29, 1.82) is 0 Å². The average Bonchev–Trinajstić information content (AvgIpc) is 2.04. The van der Waals surface area contributed by atoms with Crippen LogP contribution in [0.4, 0.5) is 0 Å².